The molecule has 0 saturated carbocycles. The molecule has 1 aromatic heterocycles. The molecule has 0 aliphatic heterocycles. The summed E-state index contributed by atoms with van der Waals surface area (Å²) in [7, 11) is 1.68. The van der Waals surface area contributed by atoms with Crippen LogP contribution in [-0.2, 0) is 0 Å². The highest BCUT2D eigenvalue weighted by atomic mass is 32.1. The Morgan fingerprint density at radius 1 is 1.50 bits per heavy atom. The van der Waals surface area contributed by atoms with E-state index in [1.165, 1.54) is 0 Å². The topological polar surface area (TPSA) is 35.2 Å². The van der Waals surface area contributed by atoms with E-state index in [4.69, 9.17) is 10.5 Å². The molecule has 2 N–H and O–H groups in total. The average molecular weight is 185 g/mol. The molecule has 0 saturated heterocycles. The van der Waals surface area contributed by atoms with Crippen molar-refractivity contribution in [3.63, 3.8) is 0 Å². The summed E-state index contributed by atoms with van der Waals surface area (Å²) < 4.78 is 5.19. The highest BCUT2D eigenvalue weighted by Crippen LogP contribution is 2.32. The average Bonchev–Trinajstić information content (AvgIpc) is 2.49. The van der Waals surface area contributed by atoms with Crippen LogP contribution in [0.15, 0.2) is 11.4 Å². The summed E-state index contributed by atoms with van der Waals surface area (Å²) >= 11 is 1.66. The first-order valence-electron chi connectivity index (χ1n) is 4.03. The number of rotatable bonds is 3. The Hall–Kier alpha value is -0.540. The highest BCUT2D eigenvalue weighted by molar-refractivity contribution is 7.10. The monoisotopic (exact) mass is 185 g/mol. The van der Waals surface area contributed by atoms with Crippen molar-refractivity contribution in [1.82, 2.24) is 0 Å². The molecule has 0 bridgehead atoms. The van der Waals surface area contributed by atoms with Crippen molar-refractivity contribution < 1.29 is 4.74 Å². The number of nitrogens with two attached hydrogens (primary N) is 1. The van der Waals surface area contributed by atoms with Crippen LogP contribution in [0.2, 0.25) is 0 Å². The SMILES string of the molecule is COc1ccsc1C(N)C(C)C. The fourth-order valence-corrected chi connectivity index (χ4v) is 2.06. The van der Waals surface area contributed by atoms with Crippen LogP contribution in [0.4, 0.5) is 0 Å². The van der Waals surface area contributed by atoms with Crippen LogP contribution >= 0.6 is 11.3 Å². The lowest BCUT2D eigenvalue weighted by Crippen LogP contribution is -2.15. The lowest BCUT2D eigenvalue weighted by atomic mass is 10.0. The maximum Gasteiger partial charge on any atom is 0.134 e. The van der Waals surface area contributed by atoms with Crippen molar-refractivity contribution in [3.05, 3.63) is 16.3 Å². The Bertz CT molecular complexity index is 244. The van der Waals surface area contributed by atoms with Crippen LogP contribution in [0, 0.1) is 5.92 Å². The minimum absolute atomic E-state index is 0.0972. The number of hydrogen-bond acceptors (Lipinski definition) is 3. The third-order valence-corrected chi connectivity index (χ3v) is 2.90. The fourth-order valence-electron chi connectivity index (χ4n) is 1.02. The molecule has 1 unspecified atom stereocenters. The van der Waals surface area contributed by atoms with Crippen LogP contribution < -0.4 is 10.5 Å². The number of thiophene rings is 1. The Balaban J connectivity index is 2.86. The third-order valence-electron chi connectivity index (χ3n) is 1.90. The van der Waals surface area contributed by atoms with E-state index in [1.807, 2.05) is 11.4 Å². The summed E-state index contributed by atoms with van der Waals surface area (Å²) in [4.78, 5) is 1.15. The molecule has 0 aromatic carbocycles. The van der Waals surface area contributed by atoms with Crippen LogP contribution in [0.3, 0.4) is 0 Å². The molecule has 0 aliphatic rings. The summed E-state index contributed by atoms with van der Waals surface area (Å²) in [5.74, 6) is 1.37. The lowest BCUT2D eigenvalue weighted by molar-refractivity contribution is 0.401. The largest absolute Gasteiger partial charge is 0.496 e. The molecule has 3 heteroatoms. The van der Waals surface area contributed by atoms with E-state index >= 15 is 0 Å². The first-order chi connectivity index (χ1) is 5.66. The normalized spacial score (nSPS) is 13.4. The maximum absolute atomic E-state index is 5.99. The molecule has 0 radical (unpaired) electrons. The second kappa shape index (κ2) is 3.92. The highest BCUT2D eigenvalue weighted by Gasteiger charge is 2.16. The van der Waals surface area contributed by atoms with Gasteiger partial charge in [0.15, 0.2) is 0 Å². The Morgan fingerprint density at radius 3 is 2.67 bits per heavy atom. The molecule has 1 aromatic rings. The first-order valence-corrected chi connectivity index (χ1v) is 4.91. The van der Waals surface area contributed by atoms with Gasteiger partial charge in [-0.2, -0.15) is 0 Å². The molecular formula is C9H15NOS. The Kier molecular flexibility index (Phi) is 3.12. The predicted octanol–water partition coefficient (Wildman–Crippen LogP) is 2.41. The molecular weight excluding hydrogens is 170 g/mol. The Morgan fingerprint density at radius 2 is 2.17 bits per heavy atom. The van der Waals surface area contributed by atoms with Gasteiger partial charge in [-0.1, -0.05) is 13.8 Å². The number of methoxy groups -OCH3 is 1. The van der Waals surface area contributed by atoms with E-state index in [2.05, 4.69) is 13.8 Å². The zero-order valence-corrected chi connectivity index (χ0v) is 8.52. The summed E-state index contributed by atoms with van der Waals surface area (Å²) in [6.45, 7) is 4.23. The second-order valence-corrected chi connectivity index (χ2v) is 4.07. The first kappa shape index (κ1) is 9.55. The molecule has 2 nitrogen and oxygen atoms in total. The molecule has 68 valence electrons. The summed E-state index contributed by atoms with van der Waals surface area (Å²) in [5, 5.41) is 2.01. The van der Waals surface area contributed by atoms with Crippen molar-refractivity contribution >= 4 is 11.3 Å². The minimum Gasteiger partial charge on any atom is -0.496 e. The zero-order valence-electron chi connectivity index (χ0n) is 7.70. The van der Waals surface area contributed by atoms with Gasteiger partial charge in [-0.05, 0) is 17.4 Å². The quantitative estimate of drug-likeness (QED) is 0.785. The van der Waals surface area contributed by atoms with E-state index in [-0.39, 0.29) is 6.04 Å². The summed E-state index contributed by atoms with van der Waals surface area (Å²) in [6, 6.07) is 2.06. The van der Waals surface area contributed by atoms with Gasteiger partial charge in [0, 0.05) is 6.04 Å². The van der Waals surface area contributed by atoms with Crippen molar-refractivity contribution in [2.45, 2.75) is 19.9 Å². The molecule has 0 amide bonds. The summed E-state index contributed by atoms with van der Waals surface area (Å²) in [5.41, 5.74) is 5.99. The van der Waals surface area contributed by atoms with Gasteiger partial charge >= 0.3 is 0 Å². The van der Waals surface area contributed by atoms with E-state index < -0.39 is 0 Å². The molecule has 0 aliphatic carbocycles. The van der Waals surface area contributed by atoms with Gasteiger partial charge in [-0.25, -0.2) is 0 Å². The van der Waals surface area contributed by atoms with E-state index in [1.54, 1.807) is 18.4 Å². The Labute approximate surface area is 77.3 Å². The number of hydrogen-bond donors (Lipinski definition) is 1. The van der Waals surface area contributed by atoms with Crippen molar-refractivity contribution in [2.75, 3.05) is 7.11 Å². The van der Waals surface area contributed by atoms with Gasteiger partial charge in [0.1, 0.15) is 5.75 Å². The molecule has 1 heterocycles. The third kappa shape index (κ3) is 1.79. The molecule has 1 rings (SSSR count). The molecule has 1 atom stereocenters. The van der Waals surface area contributed by atoms with E-state index in [0.717, 1.165) is 10.6 Å². The van der Waals surface area contributed by atoms with E-state index in [9.17, 15) is 0 Å². The van der Waals surface area contributed by atoms with Gasteiger partial charge in [-0.15, -0.1) is 11.3 Å². The van der Waals surface area contributed by atoms with Crippen molar-refractivity contribution in [3.8, 4) is 5.75 Å². The second-order valence-electron chi connectivity index (χ2n) is 3.12. The van der Waals surface area contributed by atoms with Gasteiger partial charge in [0.25, 0.3) is 0 Å². The lowest BCUT2D eigenvalue weighted by Gasteiger charge is -2.14. The van der Waals surface area contributed by atoms with Gasteiger partial charge < -0.3 is 10.5 Å². The van der Waals surface area contributed by atoms with Crippen LogP contribution in [-0.4, -0.2) is 7.11 Å². The van der Waals surface area contributed by atoms with E-state index in [0.29, 0.717) is 5.92 Å². The minimum atomic E-state index is 0.0972. The van der Waals surface area contributed by atoms with Gasteiger partial charge in [0.05, 0.1) is 12.0 Å². The molecule has 0 fully saturated rings. The van der Waals surface area contributed by atoms with Gasteiger partial charge in [-0.3, -0.25) is 0 Å². The smallest absolute Gasteiger partial charge is 0.134 e. The number of ether oxygens (including phenoxy) is 1. The fraction of sp³-hybridized carbons (Fsp3) is 0.556. The molecule has 0 spiro atoms. The van der Waals surface area contributed by atoms with Gasteiger partial charge in [0.2, 0.25) is 0 Å². The summed E-state index contributed by atoms with van der Waals surface area (Å²) in [6.07, 6.45) is 0. The predicted molar refractivity (Wildman–Crippen MR) is 52.6 cm³/mol. The van der Waals surface area contributed by atoms with Crippen molar-refractivity contribution in [1.29, 1.82) is 0 Å². The standard InChI is InChI=1S/C9H15NOS/c1-6(2)8(10)9-7(11-3)4-5-12-9/h4-6,8H,10H2,1-3H3. The van der Waals surface area contributed by atoms with Crippen LogP contribution in [0.5, 0.6) is 5.75 Å². The maximum atomic E-state index is 5.99. The van der Waals surface area contributed by atoms with Crippen LogP contribution in [0.25, 0.3) is 0 Å². The van der Waals surface area contributed by atoms with Crippen molar-refractivity contribution in [2.24, 2.45) is 11.7 Å². The zero-order chi connectivity index (χ0) is 9.14. The molecule has 12 heavy (non-hydrogen) atoms. The van der Waals surface area contributed by atoms with Crippen LogP contribution in [0.1, 0.15) is 24.8 Å².